The minimum absolute atomic E-state index is 0.0220. The van der Waals surface area contributed by atoms with E-state index in [0.717, 1.165) is 37.0 Å². The summed E-state index contributed by atoms with van der Waals surface area (Å²) < 4.78 is 5.24. The summed E-state index contributed by atoms with van der Waals surface area (Å²) in [4.78, 5) is 12.4. The summed E-state index contributed by atoms with van der Waals surface area (Å²) in [5.74, 6) is 2.77. The maximum Gasteiger partial charge on any atom is 0.228 e. The Labute approximate surface area is 103 Å². The molecule has 4 fully saturated rings. The molecular formula is C14H23NO2. The zero-order valence-corrected chi connectivity index (χ0v) is 10.7. The van der Waals surface area contributed by atoms with Crippen LogP contribution in [0.3, 0.4) is 0 Å². The van der Waals surface area contributed by atoms with Gasteiger partial charge < -0.3 is 10.1 Å². The molecule has 3 heteroatoms. The molecule has 0 aromatic carbocycles. The van der Waals surface area contributed by atoms with Gasteiger partial charge in [0.25, 0.3) is 0 Å². The van der Waals surface area contributed by atoms with E-state index in [0.29, 0.717) is 13.3 Å². The molecule has 3 nitrogen and oxygen atoms in total. The zero-order chi connectivity index (χ0) is 11.9. The van der Waals surface area contributed by atoms with Gasteiger partial charge >= 0.3 is 0 Å². The second-order valence-corrected chi connectivity index (χ2v) is 6.34. The smallest absolute Gasteiger partial charge is 0.228 e. The SMILES string of the molecule is CCOCNC(=O)C12CC3CC(CC(C3)C1)C2. The van der Waals surface area contributed by atoms with Gasteiger partial charge in [0.05, 0.1) is 5.41 Å². The molecule has 4 aliphatic rings. The predicted molar refractivity (Wildman–Crippen MR) is 65.2 cm³/mol. The Morgan fingerprint density at radius 1 is 1.18 bits per heavy atom. The summed E-state index contributed by atoms with van der Waals surface area (Å²) in [7, 11) is 0. The van der Waals surface area contributed by atoms with Gasteiger partial charge in [-0.15, -0.1) is 0 Å². The summed E-state index contributed by atoms with van der Waals surface area (Å²) >= 11 is 0. The van der Waals surface area contributed by atoms with E-state index in [1.54, 1.807) is 0 Å². The van der Waals surface area contributed by atoms with Crippen molar-refractivity contribution >= 4 is 5.91 Å². The van der Waals surface area contributed by atoms with Crippen LogP contribution in [0.1, 0.15) is 45.4 Å². The van der Waals surface area contributed by atoms with Crippen molar-refractivity contribution in [2.24, 2.45) is 23.2 Å². The first-order valence-electron chi connectivity index (χ1n) is 7.08. The molecule has 0 atom stereocenters. The van der Waals surface area contributed by atoms with Crippen LogP contribution in [-0.4, -0.2) is 19.2 Å². The number of hydrogen-bond donors (Lipinski definition) is 1. The first kappa shape index (κ1) is 11.5. The highest BCUT2D eigenvalue weighted by Crippen LogP contribution is 2.60. The highest BCUT2D eigenvalue weighted by Gasteiger charge is 2.54. The largest absolute Gasteiger partial charge is 0.362 e. The molecule has 4 aliphatic carbocycles. The minimum Gasteiger partial charge on any atom is -0.362 e. The average Bonchev–Trinajstić information content (AvgIpc) is 2.27. The first-order chi connectivity index (χ1) is 8.22. The highest BCUT2D eigenvalue weighted by atomic mass is 16.5. The van der Waals surface area contributed by atoms with Crippen molar-refractivity contribution in [1.29, 1.82) is 0 Å². The second-order valence-electron chi connectivity index (χ2n) is 6.34. The number of rotatable bonds is 4. The van der Waals surface area contributed by atoms with Gasteiger partial charge in [-0.3, -0.25) is 4.79 Å². The van der Waals surface area contributed by atoms with Crippen molar-refractivity contribution in [1.82, 2.24) is 5.32 Å². The number of carbonyl (C=O) groups excluding carboxylic acids is 1. The summed E-state index contributed by atoms with van der Waals surface area (Å²) in [6.07, 6.45) is 7.57. The lowest BCUT2D eigenvalue weighted by Crippen LogP contribution is -2.53. The van der Waals surface area contributed by atoms with Crippen LogP contribution >= 0.6 is 0 Å². The van der Waals surface area contributed by atoms with E-state index in [1.165, 1.54) is 19.3 Å². The van der Waals surface area contributed by atoms with Crippen LogP contribution in [0, 0.1) is 23.2 Å². The first-order valence-corrected chi connectivity index (χ1v) is 7.08. The molecule has 1 amide bonds. The molecule has 17 heavy (non-hydrogen) atoms. The highest BCUT2D eigenvalue weighted by molar-refractivity contribution is 5.83. The maximum atomic E-state index is 12.4. The van der Waals surface area contributed by atoms with Crippen molar-refractivity contribution in [2.75, 3.05) is 13.3 Å². The molecule has 0 unspecified atom stereocenters. The molecule has 0 radical (unpaired) electrons. The molecule has 4 bridgehead atoms. The van der Waals surface area contributed by atoms with Gasteiger partial charge in [-0.1, -0.05) is 0 Å². The molecule has 0 saturated heterocycles. The topological polar surface area (TPSA) is 38.3 Å². The van der Waals surface area contributed by atoms with Crippen molar-refractivity contribution in [3.8, 4) is 0 Å². The Hall–Kier alpha value is -0.570. The number of amides is 1. The third-order valence-corrected chi connectivity index (χ3v) is 5.06. The van der Waals surface area contributed by atoms with E-state index in [4.69, 9.17) is 4.74 Å². The Morgan fingerprint density at radius 2 is 1.71 bits per heavy atom. The van der Waals surface area contributed by atoms with E-state index in [2.05, 4.69) is 5.32 Å². The fourth-order valence-corrected chi connectivity index (χ4v) is 4.79. The van der Waals surface area contributed by atoms with Gasteiger partial charge in [-0.25, -0.2) is 0 Å². The van der Waals surface area contributed by atoms with E-state index in [-0.39, 0.29) is 11.3 Å². The van der Waals surface area contributed by atoms with Gasteiger partial charge in [0.15, 0.2) is 0 Å². The van der Waals surface area contributed by atoms with Crippen LogP contribution in [-0.2, 0) is 9.53 Å². The summed E-state index contributed by atoms with van der Waals surface area (Å²) in [5, 5.41) is 2.98. The summed E-state index contributed by atoms with van der Waals surface area (Å²) in [6.45, 7) is 3.01. The number of ether oxygens (including phenoxy) is 1. The van der Waals surface area contributed by atoms with Gasteiger partial charge in [0, 0.05) is 6.61 Å². The van der Waals surface area contributed by atoms with Crippen LogP contribution in [0.15, 0.2) is 0 Å². The van der Waals surface area contributed by atoms with Crippen LogP contribution in [0.2, 0.25) is 0 Å². The average molecular weight is 237 g/mol. The molecule has 1 N–H and O–H groups in total. The molecule has 4 saturated carbocycles. The summed E-state index contributed by atoms with van der Waals surface area (Å²) in [6, 6.07) is 0. The molecule has 0 heterocycles. The van der Waals surface area contributed by atoms with Crippen LogP contribution in [0.5, 0.6) is 0 Å². The number of hydrogen-bond acceptors (Lipinski definition) is 2. The van der Waals surface area contributed by atoms with Crippen LogP contribution < -0.4 is 5.32 Å². The number of carbonyl (C=O) groups is 1. The second kappa shape index (κ2) is 4.27. The standard InChI is InChI=1S/C14H23NO2/c1-2-17-9-15-13(16)14-6-10-3-11(7-14)5-12(4-10)8-14/h10-12H,2-9H2,1H3,(H,15,16). The fourth-order valence-electron chi connectivity index (χ4n) is 4.79. The number of nitrogens with one attached hydrogen (secondary N) is 1. The lowest BCUT2D eigenvalue weighted by atomic mass is 9.49. The lowest BCUT2D eigenvalue weighted by Gasteiger charge is -2.55. The molecule has 96 valence electrons. The van der Waals surface area contributed by atoms with Crippen molar-refractivity contribution in [3.05, 3.63) is 0 Å². The monoisotopic (exact) mass is 237 g/mol. The normalized spacial score (nSPS) is 42.8. The molecule has 0 aliphatic heterocycles. The van der Waals surface area contributed by atoms with Crippen molar-refractivity contribution in [3.63, 3.8) is 0 Å². The molecule has 0 aromatic rings. The van der Waals surface area contributed by atoms with Crippen LogP contribution in [0.4, 0.5) is 0 Å². The zero-order valence-electron chi connectivity index (χ0n) is 10.7. The van der Waals surface area contributed by atoms with Crippen LogP contribution in [0.25, 0.3) is 0 Å². The Bertz CT molecular complexity index is 278. The van der Waals surface area contributed by atoms with E-state index in [1.807, 2.05) is 6.92 Å². The summed E-state index contributed by atoms with van der Waals surface area (Å²) in [5.41, 5.74) is -0.0220. The Kier molecular flexibility index (Phi) is 2.89. The van der Waals surface area contributed by atoms with Gasteiger partial charge in [0.2, 0.25) is 5.91 Å². The third-order valence-electron chi connectivity index (χ3n) is 5.06. The third kappa shape index (κ3) is 1.99. The fraction of sp³-hybridized carbons (Fsp3) is 0.929. The lowest BCUT2D eigenvalue weighted by molar-refractivity contribution is -0.148. The quantitative estimate of drug-likeness (QED) is 0.602. The van der Waals surface area contributed by atoms with E-state index >= 15 is 0 Å². The molecular weight excluding hydrogens is 214 g/mol. The van der Waals surface area contributed by atoms with E-state index in [9.17, 15) is 4.79 Å². The van der Waals surface area contributed by atoms with Crippen molar-refractivity contribution in [2.45, 2.75) is 45.4 Å². The molecule has 4 rings (SSSR count). The van der Waals surface area contributed by atoms with Gasteiger partial charge in [0.1, 0.15) is 6.73 Å². The Morgan fingerprint density at radius 3 is 2.18 bits per heavy atom. The minimum atomic E-state index is -0.0220. The Balaban J connectivity index is 1.67. The van der Waals surface area contributed by atoms with Gasteiger partial charge in [-0.2, -0.15) is 0 Å². The van der Waals surface area contributed by atoms with Gasteiger partial charge in [-0.05, 0) is 63.2 Å². The molecule has 0 aromatic heterocycles. The maximum absolute atomic E-state index is 12.4. The predicted octanol–water partition coefficient (Wildman–Crippen LogP) is 2.31. The van der Waals surface area contributed by atoms with E-state index < -0.39 is 0 Å². The van der Waals surface area contributed by atoms with Crippen molar-refractivity contribution < 1.29 is 9.53 Å². The molecule has 0 spiro atoms.